The summed E-state index contributed by atoms with van der Waals surface area (Å²) in [5, 5.41) is 0. The minimum Gasteiger partial charge on any atom is -0.493 e. The van der Waals surface area contributed by atoms with Crippen LogP contribution in [0.15, 0.2) is 66.7 Å². The molecule has 4 nitrogen and oxygen atoms in total. The number of halogens is 1. The van der Waals surface area contributed by atoms with E-state index < -0.39 is 0 Å². The highest BCUT2D eigenvalue weighted by Crippen LogP contribution is 2.45. The lowest BCUT2D eigenvalue weighted by molar-refractivity contribution is 0.0304. The van der Waals surface area contributed by atoms with Crippen LogP contribution in [-0.2, 0) is 29.6 Å². The van der Waals surface area contributed by atoms with Gasteiger partial charge in [-0.15, -0.1) is 12.4 Å². The summed E-state index contributed by atoms with van der Waals surface area (Å²) < 4.78 is 17.5. The van der Waals surface area contributed by atoms with Crippen LogP contribution in [0, 0.1) is 0 Å². The Labute approximate surface area is 246 Å². The van der Waals surface area contributed by atoms with Gasteiger partial charge in [0, 0.05) is 11.0 Å². The van der Waals surface area contributed by atoms with Gasteiger partial charge >= 0.3 is 0 Å². The Kier molecular flexibility index (Phi) is 9.09. The Hall–Kier alpha value is -2.53. The molecule has 1 saturated heterocycles. The molecule has 1 aliphatic carbocycles. The third kappa shape index (κ3) is 5.38. The number of piperidine rings is 1. The zero-order valence-electron chi connectivity index (χ0n) is 24.1. The van der Waals surface area contributed by atoms with Crippen LogP contribution >= 0.6 is 12.4 Å². The fraction of sp³-hybridized carbons (Fsp3) is 0.486. The smallest absolute Gasteiger partial charge is 0.161 e. The molecule has 1 fully saturated rings. The quantitative estimate of drug-likeness (QED) is 0.266. The van der Waals surface area contributed by atoms with E-state index in [4.69, 9.17) is 14.2 Å². The van der Waals surface area contributed by atoms with E-state index in [1.54, 1.807) is 14.2 Å². The molecule has 0 amide bonds. The van der Waals surface area contributed by atoms with E-state index in [0.29, 0.717) is 0 Å². The van der Waals surface area contributed by atoms with Crippen molar-refractivity contribution in [3.05, 3.63) is 94.5 Å². The van der Waals surface area contributed by atoms with Gasteiger partial charge in [-0.3, -0.25) is 4.90 Å². The van der Waals surface area contributed by atoms with Gasteiger partial charge in [0.25, 0.3) is 0 Å². The third-order valence-corrected chi connectivity index (χ3v) is 9.82. The first kappa shape index (κ1) is 29.0. The second-order valence-corrected chi connectivity index (χ2v) is 11.9. The number of aryl methyl sites for hydroxylation is 1. The maximum absolute atomic E-state index is 6.24. The minimum atomic E-state index is -0.0604. The van der Waals surface area contributed by atoms with Crippen molar-refractivity contribution >= 4 is 12.4 Å². The van der Waals surface area contributed by atoms with Crippen LogP contribution in [0.5, 0.6) is 11.5 Å². The molecule has 2 aliphatic heterocycles. The van der Waals surface area contributed by atoms with Crippen molar-refractivity contribution in [1.82, 2.24) is 4.90 Å². The van der Waals surface area contributed by atoms with Gasteiger partial charge in [0.05, 0.1) is 27.4 Å². The molecular weight excluding hydrogens is 518 g/mol. The summed E-state index contributed by atoms with van der Waals surface area (Å²) in [6.07, 6.45) is 11.0. The number of likely N-dealkylation sites (tertiary alicyclic amines) is 1. The average molecular weight is 562 g/mol. The van der Waals surface area contributed by atoms with Crippen molar-refractivity contribution in [2.24, 2.45) is 0 Å². The lowest BCUT2D eigenvalue weighted by atomic mass is 9.69. The molecule has 0 aromatic heterocycles. The summed E-state index contributed by atoms with van der Waals surface area (Å²) >= 11 is 0. The van der Waals surface area contributed by atoms with Crippen molar-refractivity contribution in [3.63, 3.8) is 0 Å². The highest BCUT2D eigenvalue weighted by molar-refractivity contribution is 5.85. The van der Waals surface area contributed by atoms with Crippen molar-refractivity contribution in [1.29, 1.82) is 0 Å². The predicted molar refractivity (Wildman–Crippen MR) is 164 cm³/mol. The second kappa shape index (κ2) is 12.5. The molecule has 0 N–H and O–H groups in total. The first-order valence-electron chi connectivity index (χ1n) is 14.9. The summed E-state index contributed by atoms with van der Waals surface area (Å²) in [6, 6.07) is 24.5. The van der Waals surface area contributed by atoms with Crippen LogP contribution in [0.4, 0.5) is 0 Å². The molecule has 3 aromatic rings. The van der Waals surface area contributed by atoms with Crippen LogP contribution in [0.2, 0.25) is 0 Å². The molecule has 0 bridgehead atoms. The van der Waals surface area contributed by atoms with E-state index in [-0.39, 0.29) is 23.4 Å². The van der Waals surface area contributed by atoms with Crippen molar-refractivity contribution in [3.8, 4) is 11.5 Å². The molecule has 40 heavy (non-hydrogen) atoms. The normalized spacial score (nSPS) is 24.1. The zero-order valence-corrected chi connectivity index (χ0v) is 24.9. The van der Waals surface area contributed by atoms with Crippen molar-refractivity contribution in [2.75, 3.05) is 33.9 Å². The Balaban J connectivity index is 0.00000323. The van der Waals surface area contributed by atoms with E-state index in [9.17, 15) is 0 Å². The average Bonchev–Trinajstić information content (AvgIpc) is 3.00. The Bertz CT molecular complexity index is 1280. The second-order valence-electron chi connectivity index (χ2n) is 11.9. The summed E-state index contributed by atoms with van der Waals surface area (Å²) in [4.78, 5) is 2.86. The topological polar surface area (TPSA) is 30.9 Å². The first-order chi connectivity index (χ1) is 19.2. The molecule has 0 saturated carbocycles. The number of hydrogen-bond donors (Lipinski definition) is 0. The number of benzene rings is 3. The lowest BCUT2D eigenvalue weighted by Crippen LogP contribution is -2.55. The molecule has 3 aromatic carbocycles. The molecular formula is C35H44ClNO3. The van der Waals surface area contributed by atoms with E-state index in [2.05, 4.69) is 71.6 Å². The Morgan fingerprint density at radius 2 is 1.57 bits per heavy atom. The van der Waals surface area contributed by atoms with Gasteiger partial charge in [-0.1, -0.05) is 67.4 Å². The number of fused-ring (bicyclic) bond motifs is 2. The van der Waals surface area contributed by atoms with Gasteiger partial charge in [-0.25, -0.2) is 0 Å². The van der Waals surface area contributed by atoms with Crippen LogP contribution in [0.25, 0.3) is 0 Å². The monoisotopic (exact) mass is 561 g/mol. The summed E-state index contributed by atoms with van der Waals surface area (Å²) in [7, 11) is 3.48. The van der Waals surface area contributed by atoms with E-state index in [1.165, 1.54) is 79.4 Å². The van der Waals surface area contributed by atoms with Crippen molar-refractivity contribution < 1.29 is 14.2 Å². The standard InChI is InChI=1S/C35H43NO3.ClH/c1-37-32-22-27-16-19-34(24-29(27)23-33(32)38-2)17-8-10-20-36(34)21-11-9-18-35(30-13-4-3-5-14-30)26-39-25-28-12-6-7-15-31(28)35;/h3-7,12-15,22-23H,8-11,16-21,24-26H2,1-2H3;1H. The maximum Gasteiger partial charge on any atom is 0.161 e. The molecule has 2 heterocycles. The number of methoxy groups -OCH3 is 2. The number of nitrogens with zero attached hydrogens (tertiary/aromatic N) is 1. The van der Waals surface area contributed by atoms with Gasteiger partial charge in [0.1, 0.15) is 0 Å². The molecule has 2 unspecified atom stereocenters. The predicted octanol–water partition coefficient (Wildman–Crippen LogP) is 7.53. The van der Waals surface area contributed by atoms with Gasteiger partial charge in [-0.05, 0) is 98.0 Å². The SMILES string of the molecule is COc1cc2c(cc1OC)CC1(CCCCN1CCCCC1(c3ccccc3)COCc3ccccc31)CC2.Cl. The van der Waals surface area contributed by atoms with Crippen LogP contribution in [0.1, 0.15) is 72.8 Å². The Morgan fingerprint density at radius 3 is 2.38 bits per heavy atom. The lowest BCUT2D eigenvalue weighted by Gasteiger charge is -2.50. The molecule has 214 valence electrons. The zero-order chi connectivity index (χ0) is 26.7. The summed E-state index contributed by atoms with van der Waals surface area (Å²) in [5.74, 6) is 1.71. The third-order valence-electron chi connectivity index (χ3n) is 9.82. The minimum absolute atomic E-state index is 0. The number of rotatable bonds is 8. The maximum atomic E-state index is 6.24. The van der Waals surface area contributed by atoms with Crippen LogP contribution < -0.4 is 9.47 Å². The fourth-order valence-corrected chi connectivity index (χ4v) is 7.76. The van der Waals surface area contributed by atoms with Crippen molar-refractivity contribution in [2.45, 2.75) is 75.3 Å². The van der Waals surface area contributed by atoms with Gasteiger partial charge in [0.15, 0.2) is 11.5 Å². The molecule has 1 spiro atoms. The molecule has 3 aliphatic rings. The van der Waals surface area contributed by atoms with E-state index in [1.807, 2.05) is 0 Å². The molecule has 0 radical (unpaired) electrons. The van der Waals surface area contributed by atoms with Gasteiger partial charge in [0.2, 0.25) is 0 Å². The number of unbranched alkanes of at least 4 members (excludes halogenated alkanes) is 1. The van der Waals surface area contributed by atoms with Crippen LogP contribution in [-0.4, -0.2) is 44.4 Å². The molecule has 5 heteroatoms. The molecule has 2 atom stereocenters. The largest absolute Gasteiger partial charge is 0.493 e. The summed E-state index contributed by atoms with van der Waals surface area (Å²) in [6.45, 7) is 3.89. The van der Waals surface area contributed by atoms with E-state index in [0.717, 1.165) is 44.0 Å². The molecule has 6 rings (SSSR count). The highest BCUT2D eigenvalue weighted by Gasteiger charge is 2.42. The Morgan fingerprint density at radius 1 is 0.825 bits per heavy atom. The van der Waals surface area contributed by atoms with Crippen LogP contribution in [0.3, 0.4) is 0 Å². The van der Waals surface area contributed by atoms with Gasteiger partial charge < -0.3 is 14.2 Å². The highest BCUT2D eigenvalue weighted by atomic mass is 35.5. The first-order valence-corrected chi connectivity index (χ1v) is 14.9. The number of ether oxygens (including phenoxy) is 3. The fourth-order valence-electron chi connectivity index (χ4n) is 7.76. The number of hydrogen-bond acceptors (Lipinski definition) is 4. The van der Waals surface area contributed by atoms with E-state index >= 15 is 0 Å². The summed E-state index contributed by atoms with van der Waals surface area (Å²) in [5.41, 5.74) is 7.30. The van der Waals surface area contributed by atoms with Gasteiger partial charge in [-0.2, -0.15) is 0 Å².